The van der Waals surface area contributed by atoms with Gasteiger partial charge in [0.15, 0.2) is 17.3 Å². The Labute approximate surface area is 214 Å². The van der Waals surface area contributed by atoms with E-state index in [1.807, 2.05) is 0 Å². The number of aryl methyl sites for hydroxylation is 1. The molecular weight excluding hydrogens is 502 g/mol. The predicted molar refractivity (Wildman–Crippen MR) is 131 cm³/mol. The van der Waals surface area contributed by atoms with Crippen LogP contribution >= 0.6 is 0 Å². The quantitative estimate of drug-likeness (QED) is 0.331. The fraction of sp³-hybridized carbons (Fsp3) is 0.160. The number of ether oxygens (including phenoxy) is 2. The number of benzene rings is 2. The van der Waals surface area contributed by atoms with Crippen LogP contribution in [0.2, 0.25) is 0 Å². The standard InChI is InChI=1S/C25H22F2N6O5/c1-3-28-25(36)38-20-12-33-22(14(20)2)23(29-13-30-33)37-19-9-8-17(11-18(19)27)31-24(35)32-21(34)10-15-4-6-16(26)7-5-15/h4-9,11-13H,3,10H2,1-2H3,(H,28,36)(H2,31,32,34,35). The van der Waals surface area contributed by atoms with Crippen LogP contribution in [0.25, 0.3) is 5.52 Å². The third-order valence-corrected chi connectivity index (χ3v) is 5.20. The van der Waals surface area contributed by atoms with Crippen molar-refractivity contribution in [3.63, 3.8) is 0 Å². The van der Waals surface area contributed by atoms with Gasteiger partial charge in [0, 0.05) is 23.9 Å². The Hall–Kier alpha value is -5.07. The van der Waals surface area contributed by atoms with Crippen molar-refractivity contribution >= 4 is 29.2 Å². The number of carbonyl (C=O) groups is 3. The molecule has 0 aliphatic carbocycles. The molecule has 3 N–H and O–H groups in total. The van der Waals surface area contributed by atoms with Crippen LogP contribution < -0.4 is 25.4 Å². The van der Waals surface area contributed by atoms with Crippen LogP contribution in [0.15, 0.2) is 55.0 Å². The van der Waals surface area contributed by atoms with Crippen molar-refractivity contribution in [2.45, 2.75) is 20.3 Å². The molecule has 0 spiro atoms. The highest BCUT2D eigenvalue weighted by molar-refractivity contribution is 6.01. The van der Waals surface area contributed by atoms with Crippen LogP contribution in [0.4, 0.5) is 24.1 Å². The monoisotopic (exact) mass is 524 g/mol. The van der Waals surface area contributed by atoms with Crippen LogP contribution in [-0.4, -0.2) is 39.2 Å². The molecule has 0 atom stereocenters. The number of nitrogens with zero attached hydrogens (tertiary/aromatic N) is 3. The lowest BCUT2D eigenvalue weighted by molar-refractivity contribution is -0.119. The number of rotatable bonds is 7. The number of urea groups is 1. The average Bonchev–Trinajstić information content (AvgIpc) is 3.18. The molecule has 11 nitrogen and oxygen atoms in total. The first-order chi connectivity index (χ1) is 18.2. The van der Waals surface area contributed by atoms with E-state index >= 15 is 0 Å². The van der Waals surface area contributed by atoms with Crippen molar-refractivity contribution in [3.05, 3.63) is 77.8 Å². The molecule has 4 aromatic rings. The summed E-state index contributed by atoms with van der Waals surface area (Å²) in [5, 5.41) is 11.1. The zero-order valence-electron chi connectivity index (χ0n) is 20.2. The van der Waals surface area contributed by atoms with Crippen LogP contribution in [0.5, 0.6) is 17.4 Å². The Morgan fingerprint density at radius 2 is 1.82 bits per heavy atom. The number of anilines is 1. The third-order valence-electron chi connectivity index (χ3n) is 5.20. The molecule has 2 heterocycles. The topological polar surface area (TPSA) is 136 Å². The van der Waals surface area contributed by atoms with Crippen molar-refractivity contribution in [2.75, 3.05) is 11.9 Å². The minimum Gasteiger partial charge on any atom is -0.434 e. The van der Waals surface area contributed by atoms with Gasteiger partial charge in [0.1, 0.15) is 17.7 Å². The number of hydrogen-bond donors (Lipinski definition) is 3. The van der Waals surface area contributed by atoms with Gasteiger partial charge in [-0.05, 0) is 43.7 Å². The van der Waals surface area contributed by atoms with Gasteiger partial charge in [-0.15, -0.1) is 0 Å². The van der Waals surface area contributed by atoms with E-state index in [0.717, 1.165) is 6.07 Å². The molecule has 0 unspecified atom stereocenters. The number of carbonyl (C=O) groups excluding carboxylic acids is 3. The number of hydrogen-bond acceptors (Lipinski definition) is 7. The summed E-state index contributed by atoms with van der Waals surface area (Å²) < 4.78 is 40.1. The fourth-order valence-corrected chi connectivity index (χ4v) is 3.45. The summed E-state index contributed by atoms with van der Waals surface area (Å²) in [6, 6.07) is 8.05. The molecule has 0 bridgehead atoms. The third kappa shape index (κ3) is 6.19. The SMILES string of the molecule is CCNC(=O)Oc1cn2ncnc(Oc3ccc(NC(=O)NC(=O)Cc4ccc(F)cc4)cc3F)c2c1C. The fourth-order valence-electron chi connectivity index (χ4n) is 3.45. The van der Waals surface area contributed by atoms with E-state index in [-0.39, 0.29) is 29.5 Å². The van der Waals surface area contributed by atoms with E-state index in [2.05, 4.69) is 26.0 Å². The minimum absolute atomic E-state index is 0.00647. The van der Waals surface area contributed by atoms with Gasteiger partial charge in [-0.3, -0.25) is 10.1 Å². The van der Waals surface area contributed by atoms with Crippen molar-refractivity contribution in [1.82, 2.24) is 25.2 Å². The molecule has 13 heteroatoms. The summed E-state index contributed by atoms with van der Waals surface area (Å²) in [6.07, 6.45) is 1.88. The van der Waals surface area contributed by atoms with Gasteiger partial charge in [-0.2, -0.15) is 10.1 Å². The Morgan fingerprint density at radius 1 is 1.05 bits per heavy atom. The predicted octanol–water partition coefficient (Wildman–Crippen LogP) is 4.11. The molecule has 4 rings (SSSR count). The molecule has 4 amide bonds. The Balaban J connectivity index is 1.42. The van der Waals surface area contributed by atoms with E-state index < -0.39 is 29.7 Å². The maximum absolute atomic E-state index is 14.8. The van der Waals surface area contributed by atoms with Gasteiger partial charge in [0.05, 0.1) is 12.6 Å². The number of amides is 4. The van der Waals surface area contributed by atoms with Crippen molar-refractivity contribution in [1.29, 1.82) is 0 Å². The summed E-state index contributed by atoms with van der Waals surface area (Å²) in [5.41, 5.74) is 1.43. The van der Waals surface area contributed by atoms with E-state index in [9.17, 15) is 23.2 Å². The Morgan fingerprint density at radius 3 is 2.53 bits per heavy atom. The van der Waals surface area contributed by atoms with Crippen LogP contribution in [0, 0.1) is 18.6 Å². The van der Waals surface area contributed by atoms with Gasteiger partial charge in [0.2, 0.25) is 11.8 Å². The van der Waals surface area contributed by atoms with Gasteiger partial charge >= 0.3 is 12.1 Å². The van der Waals surface area contributed by atoms with Crippen LogP contribution in [0.3, 0.4) is 0 Å². The molecular formula is C25H22F2N6O5. The highest BCUT2D eigenvalue weighted by Gasteiger charge is 2.19. The highest BCUT2D eigenvalue weighted by atomic mass is 19.1. The number of nitrogens with one attached hydrogen (secondary N) is 3. The van der Waals surface area contributed by atoms with Gasteiger partial charge in [-0.25, -0.2) is 22.9 Å². The smallest absolute Gasteiger partial charge is 0.412 e. The van der Waals surface area contributed by atoms with Crippen molar-refractivity contribution < 1.29 is 32.6 Å². The summed E-state index contributed by atoms with van der Waals surface area (Å²) >= 11 is 0. The molecule has 38 heavy (non-hydrogen) atoms. The molecule has 2 aromatic heterocycles. The molecule has 0 radical (unpaired) electrons. The van der Waals surface area contributed by atoms with Gasteiger partial charge in [0.25, 0.3) is 0 Å². The van der Waals surface area contributed by atoms with Crippen LogP contribution in [0.1, 0.15) is 18.1 Å². The lowest BCUT2D eigenvalue weighted by Crippen LogP contribution is -2.35. The number of imide groups is 1. The highest BCUT2D eigenvalue weighted by Crippen LogP contribution is 2.33. The maximum atomic E-state index is 14.8. The number of aromatic nitrogens is 3. The summed E-state index contributed by atoms with van der Waals surface area (Å²) in [4.78, 5) is 40.0. The molecule has 2 aromatic carbocycles. The molecule has 196 valence electrons. The largest absolute Gasteiger partial charge is 0.434 e. The first-order valence-electron chi connectivity index (χ1n) is 11.3. The number of halogens is 2. The lowest BCUT2D eigenvalue weighted by atomic mass is 10.1. The summed E-state index contributed by atoms with van der Waals surface area (Å²) in [6.45, 7) is 3.80. The Bertz CT molecular complexity index is 1510. The second kappa shape index (κ2) is 11.3. The molecule has 0 saturated heterocycles. The van der Waals surface area contributed by atoms with Crippen molar-refractivity contribution in [3.8, 4) is 17.4 Å². The van der Waals surface area contributed by atoms with E-state index in [1.54, 1.807) is 13.8 Å². The second-order valence-corrected chi connectivity index (χ2v) is 7.95. The second-order valence-electron chi connectivity index (χ2n) is 7.95. The minimum atomic E-state index is -0.869. The van der Waals surface area contributed by atoms with Gasteiger partial charge in [-0.1, -0.05) is 12.1 Å². The first kappa shape index (κ1) is 26.0. The lowest BCUT2D eigenvalue weighted by Gasteiger charge is -2.10. The zero-order valence-corrected chi connectivity index (χ0v) is 20.2. The number of fused-ring (bicyclic) bond motifs is 1. The van der Waals surface area contributed by atoms with Crippen molar-refractivity contribution in [2.24, 2.45) is 0 Å². The first-order valence-corrected chi connectivity index (χ1v) is 11.3. The normalized spacial score (nSPS) is 10.6. The van der Waals surface area contributed by atoms with E-state index in [0.29, 0.717) is 23.2 Å². The van der Waals surface area contributed by atoms with Gasteiger partial charge < -0.3 is 20.1 Å². The van der Waals surface area contributed by atoms with E-state index in [4.69, 9.17) is 9.47 Å². The molecule has 0 aliphatic heterocycles. The Kier molecular flexibility index (Phi) is 7.75. The van der Waals surface area contributed by atoms with E-state index in [1.165, 1.54) is 53.4 Å². The molecule has 0 aliphatic rings. The summed E-state index contributed by atoms with van der Waals surface area (Å²) in [7, 11) is 0. The molecule has 0 fully saturated rings. The maximum Gasteiger partial charge on any atom is 0.412 e. The van der Waals surface area contributed by atoms with Crippen LogP contribution in [-0.2, 0) is 11.2 Å². The zero-order chi connectivity index (χ0) is 27.2. The average molecular weight is 524 g/mol. The molecule has 0 saturated carbocycles. The summed E-state index contributed by atoms with van der Waals surface area (Å²) in [5.74, 6) is -1.85.